The number of carbonyl (C=O) groups excluding carboxylic acids is 1. The smallest absolute Gasteiger partial charge is 0.316 e. The second kappa shape index (κ2) is 9.06. The van der Waals surface area contributed by atoms with Crippen molar-refractivity contribution in [2.45, 2.75) is 89.4 Å². The van der Waals surface area contributed by atoms with E-state index < -0.39 is 62.4 Å². The zero-order chi connectivity index (χ0) is 24.8. The molecule has 0 aliphatic carbocycles. The Kier molecular flexibility index (Phi) is 4.74. The van der Waals surface area contributed by atoms with Crippen molar-refractivity contribution in [2.24, 2.45) is 0 Å². The molecular weight excluding hydrogens is 406 g/mol. The Hall–Kier alpha value is -0.910. The maximum absolute atomic E-state index is 12.9. The van der Waals surface area contributed by atoms with Gasteiger partial charge in [0.25, 0.3) is 0 Å². The number of hydrogen-bond acceptors (Lipinski definition) is 3. The van der Waals surface area contributed by atoms with Crippen molar-refractivity contribution in [1.82, 2.24) is 0 Å². The number of aliphatic hydroxyl groups excluding tert-OH is 1. The van der Waals surface area contributed by atoms with E-state index in [4.69, 9.17) is 14.3 Å². The zero-order valence-electron chi connectivity index (χ0n) is 22.9. The summed E-state index contributed by atoms with van der Waals surface area (Å²) in [5, 5.41) is 9.78. The van der Waals surface area contributed by atoms with Crippen LogP contribution in [0.5, 0.6) is 0 Å². The minimum Gasteiger partial charge on any atom is -1.00 e. The van der Waals surface area contributed by atoms with Crippen molar-refractivity contribution in [1.29, 1.82) is 0 Å². The molecule has 2 bridgehead atoms. The van der Waals surface area contributed by atoms with Crippen molar-refractivity contribution in [3.8, 4) is 0 Å². The summed E-state index contributed by atoms with van der Waals surface area (Å²) in [4.78, 5) is 12.9. The van der Waals surface area contributed by atoms with Crippen LogP contribution in [0.4, 0.5) is 0 Å². The molecule has 1 N–H and O–H groups in total. The van der Waals surface area contributed by atoms with Crippen LogP contribution in [0.2, 0.25) is 0 Å². The molecule has 2 fully saturated rings. The number of halogens is 1. The number of fused-ring (bicyclic) bond motifs is 2. The molecule has 27 heavy (non-hydrogen) atoms. The van der Waals surface area contributed by atoms with Gasteiger partial charge in [-0.2, -0.15) is 0 Å². The standard InChI is InChI=1S/C22H34NO3.BrH/c1-15(2)23(16(3)4)18-10-11-19(23)13-20(12-18)26-22(25)21(14-24)17-8-6-5-7-9-17;/h5-9,15-16,18-21,24H,10-14H2,1-4H3;1H/q+1;/p-1/t18-,19-,21?;/m0./s1/i1D3,2D3,15D;/t18-,19-,20?,21?,23?;. The van der Waals surface area contributed by atoms with Gasteiger partial charge in [0.15, 0.2) is 0 Å². The molecule has 0 aromatic heterocycles. The number of hydrogen-bond donors (Lipinski definition) is 1. The van der Waals surface area contributed by atoms with Crippen molar-refractivity contribution < 1.29 is 45.7 Å². The van der Waals surface area contributed by atoms with Gasteiger partial charge in [0.1, 0.15) is 12.0 Å². The van der Waals surface area contributed by atoms with E-state index in [0.717, 1.165) is 0 Å². The lowest BCUT2D eigenvalue weighted by molar-refractivity contribution is -1.00. The molecule has 2 saturated heterocycles. The number of ether oxygens (including phenoxy) is 1. The van der Waals surface area contributed by atoms with Crippen LogP contribution in [-0.2, 0) is 9.53 Å². The van der Waals surface area contributed by atoms with E-state index in [0.29, 0.717) is 31.2 Å². The Balaban J connectivity index is 0.00000408. The third-order valence-corrected chi connectivity index (χ3v) is 6.31. The van der Waals surface area contributed by atoms with Crippen molar-refractivity contribution in [3.05, 3.63) is 35.9 Å². The SMILES string of the molecule is [2H]C([2H])([2H])C([2H])(C([2H])([2H])[2H])[N+]1(C(C)C)[C@H]2CC[C@H]1CC(OC(=O)C(CO)c1ccccc1)C2.[Br-]. The van der Waals surface area contributed by atoms with Crippen LogP contribution in [0.3, 0.4) is 0 Å². The summed E-state index contributed by atoms with van der Waals surface area (Å²) < 4.78 is 63.1. The number of quaternary nitrogens is 1. The Morgan fingerprint density at radius 3 is 2.33 bits per heavy atom. The number of nitrogens with zero attached hydrogens (tertiary/aromatic N) is 1. The lowest BCUT2D eigenvalue weighted by Gasteiger charge is -2.55. The van der Waals surface area contributed by atoms with Crippen LogP contribution in [-0.4, -0.2) is 52.4 Å². The highest BCUT2D eigenvalue weighted by Gasteiger charge is 2.57. The number of rotatable bonds is 6. The quantitative estimate of drug-likeness (QED) is 0.514. The van der Waals surface area contributed by atoms with Crippen LogP contribution in [0.15, 0.2) is 30.3 Å². The number of aliphatic hydroxyl groups is 1. The first-order valence-electron chi connectivity index (χ1n) is 13.0. The van der Waals surface area contributed by atoms with Gasteiger partial charge in [-0.15, -0.1) is 0 Å². The number of carbonyl (C=O) groups is 1. The van der Waals surface area contributed by atoms with Crippen LogP contribution in [0.25, 0.3) is 0 Å². The summed E-state index contributed by atoms with van der Waals surface area (Å²) in [6.45, 7) is -2.88. The Bertz CT molecular complexity index is 819. The summed E-state index contributed by atoms with van der Waals surface area (Å²) in [5.41, 5.74) is 0.645. The lowest BCUT2D eigenvalue weighted by Crippen LogP contribution is -3.00. The van der Waals surface area contributed by atoms with Gasteiger partial charge in [-0.3, -0.25) is 4.79 Å². The van der Waals surface area contributed by atoms with E-state index >= 15 is 0 Å². The van der Waals surface area contributed by atoms with E-state index in [2.05, 4.69) is 0 Å². The normalized spacial score (nSPS) is 36.0. The minimum absolute atomic E-state index is 0. The number of esters is 1. The molecule has 0 saturated carbocycles. The molecule has 5 heteroatoms. The van der Waals surface area contributed by atoms with E-state index in [1.807, 2.05) is 6.07 Å². The molecule has 1 aromatic carbocycles. The lowest BCUT2D eigenvalue weighted by atomic mass is 9.90. The van der Waals surface area contributed by atoms with Gasteiger partial charge >= 0.3 is 5.97 Å². The molecule has 4 nitrogen and oxygen atoms in total. The maximum atomic E-state index is 12.9. The fourth-order valence-electron chi connectivity index (χ4n) is 5.21. The predicted molar refractivity (Wildman–Crippen MR) is 103 cm³/mol. The van der Waals surface area contributed by atoms with Crippen molar-refractivity contribution in [3.63, 3.8) is 0 Å². The summed E-state index contributed by atoms with van der Waals surface area (Å²) in [6, 6.07) is 4.90. The minimum atomic E-state index is -3.03. The molecule has 1 unspecified atom stereocenters. The van der Waals surface area contributed by atoms with E-state index in [9.17, 15) is 9.90 Å². The highest BCUT2D eigenvalue weighted by molar-refractivity contribution is 5.78. The predicted octanol–water partition coefficient (Wildman–Crippen LogP) is 0.637. The molecule has 3 rings (SSSR count). The topological polar surface area (TPSA) is 46.5 Å². The van der Waals surface area contributed by atoms with Crippen LogP contribution < -0.4 is 17.0 Å². The average Bonchev–Trinajstić information content (AvgIpc) is 2.92. The van der Waals surface area contributed by atoms with Crippen molar-refractivity contribution >= 4 is 5.97 Å². The van der Waals surface area contributed by atoms with Crippen LogP contribution >= 0.6 is 0 Å². The fourth-order valence-corrected chi connectivity index (χ4v) is 5.21. The molecule has 1 aromatic rings. The zero-order valence-corrected chi connectivity index (χ0v) is 17.5. The van der Waals surface area contributed by atoms with Crippen molar-refractivity contribution in [2.75, 3.05) is 6.61 Å². The van der Waals surface area contributed by atoms with Gasteiger partial charge in [-0.25, -0.2) is 0 Å². The first-order chi connectivity index (χ1) is 15.2. The largest absolute Gasteiger partial charge is 1.00 e. The Morgan fingerprint density at radius 2 is 1.85 bits per heavy atom. The Labute approximate surface area is 184 Å². The fraction of sp³-hybridized carbons (Fsp3) is 0.682. The molecule has 0 radical (unpaired) electrons. The average molecular weight is 447 g/mol. The summed E-state index contributed by atoms with van der Waals surface area (Å²) >= 11 is 0. The number of piperidine rings is 1. The van der Waals surface area contributed by atoms with Gasteiger partial charge in [-0.05, 0) is 33.1 Å². The van der Waals surface area contributed by atoms with Gasteiger partial charge in [0.05, 0.1) is 32.1 Å². The third kappa shape index (κ3) is 3.96. The van der Waals surface area contributed by atoms with E-state index in [1.54, 1.807) is 38.1 Å². The molecule has 2 aliphatic heterocycles. The molecule has 152 valence electrons. The first kappa shape index (κ1) is 14.1. The highest BCUT2D eigenvalue weighted by Crippen LogP contribution is 2.47. The van der Waals surface area contributed by atoms with Gasteiger partial charge in [0.2, 0.25) is 0 Å². The van der Waals surface area contributed by atoms with Crippen LogP contribution in [0, 0.1) is 0 Å². The molecular formula is C22H34BrNO3. The summed E-state index contributed by atoms with van der Waals surface area (Å²) in [6.07, 6.45) is 1.22. The molecule has 2 aliphatic rings. The molecule has 2 heterocycles. The van der Waals surface area contributed by atoms with Crippen LogP contribution in [0.1, 0.15) is 74.3 Å². The Morgan fingerprint density at radius 1 is 1.26 bits per heavy atom. The summed E-state index contributed by atoms with van der Waals surface area (Å²) in [7, 11) is 0. The van der Waals surface area contributed by atoms with E-state index in [1.165, 1.54) is 0 Å². The van der Waals surface area contributed by atoms with E-state index in [-0.39, 0.29) is 21.5 Å². The highest BCUT2D eigenvalue weighted by atomic mass is 79.9. The van der Waals surface area contributed by atoms with Gasteiger partial charge < -0.3 is 31.3 Å². The molecule has 3 atom stereocenters. The maximum Gasteiger partial charge on any atom is 0.316 e. The molecule has 0 amide bonds. The monoisotopic (exact) mass is 446 g/mol. The number of benzene rings is 1. The molecule has 0 spiro atoms. The van der Waals surface area contributed by atoms with Gasteiger partial charge in [-0.1, -0.05) is 30.3 Å². The summed E-state index contributed by atoms with van der Waals surface area (Å²) in [5.74, 6) is -1.38. The first-order valence-corrected chi connectivity index (χ1v) is 9.46. The third-order valence-electron chi connectivity index (χ3n) is 6.31. The second-order valence-corrected chi connectivity index (χ2v) is 7.84. The van der Waals surface area contributed by atoms with Gasteiger partial charge in [0, 0.05) is 33.9 Å². The second-order valence-electron chi connectivity index (χ2n) is 7.84.